The van der Waals surface area contributed by atoms with Crippen LogP contribution in [0.4, 0.5) is 5.69 Å². The van der Waals surface area contributed by atoms with Crippen molar-refractivity contribution in [2.45, 2.75) is 0 Å². The van der Waals surface area contributed by atoms with Crippen molar-refractivity contribution < 1.29 is 0 Å². The SMILES string of the molecule is Nc1cc(-c2n[nH]c(-c3ccc(-c4ccccn4)cc3)n2)ccc1Cl. The van der Waals surface area contributed by atoms with E-state index >= 15 is 0 Å². The maximum absolute atomic E-state index is 5.96. The van der Waals surface area contributed by atoms with Crippen LogP contribution in [0.3, 0.4) is 0 Å². The Kier molecular flexibility index (Phi) is 3.91. The first-order valence-corrected chi connectivity index (χ1v) is 8.08. The smallest absolute Gasteiger partial charge is 0.181 e. The second-order valence-electron chi connectivity index (χ2n) is 5.54. The largest absolute Gasteiger partial charge is 0.398 e. The molecule has 25 heavy (non-hydrogen) atoms. The zero-order valence-electron chi connectivity index (χ0n) is 13.1. The third-order valence-corrected chi connectivity index (χ3v) is 4.20. The number of rotatable bonds is 3. The van der Waals surface area contributed by atoms with Gasteiger partial charge >= 0.3 is 0 Å². The molecule has 0 unspecified atom stereocenters. The molecule has 4 aromatic rings. The fourth-order valence-electron chi connectivity index (χ4n) is 2.54. The van der Waals surface area contributed by atoms with Crippen LogP contribution in [0.1, 0.15) is 0 Å². The Labute approximate surface area is 149 Å². The molecular formula is C19H14ClN5. The number of nitrogen functional groups attached to an aromatic ring is 1. The van der Waals surface area contributed by atoms with E-state index in [4.69, 9.17) is 17.3 Å². The molecule has 2 heterocycles. The number of anilines is 1. The summed E-state index contributed by atoms with van der Waals surface area (Å²) in [5, 5.41) is 7.75. The summed E-state index contributed by atoms with van der Waals surface area (Å²) >= 11 is 5.96. The van der Waals surface area contributed by atoms with Crippen LogP contribution in [0.15, 0.2) is 66.9 Å². The average Bonchev–Trinajstić information content (AvgIpc) is 3.15. The molecule has 0 atom stereocenters. The van der Waals surface area contributed by atoms with Gasteiger partial charge < -0.3 is 5.73 Å². The van der Waals surface area contributed by atoms with Gasteiger partial charge in [0, 0.05) is 22.9 Å². The third-order valence-electron chi connectivity index (χ3n) is 3.86. The summed E-state index contributed by atoms with van der Waals surface area (Å²) in [6.07, 6.45) is 1.78. The summed E-state index contributed by atoms with van der Waals surface area (Å²) in [6, 6.07) is 19.2. The number of H-pyrrole nitrogens is 1. The van der Waals surface area contributed by atoms with Crippen LogP contribution >= 0.6 is 11.6 Å². The lowest BCUT2D eigenvalue weighted by Gasteiger charge is -2.01. The molecule has 0 amide bonds. The Hall–Kier alpha value is -3.18. The lowest BCUT2D eigenvalue weighted by molar-refractivity contribution is 1.10. The number of halogens is 1. The first-order valence-electron chi connectivity index (χ1n) is 7.70. The summed E-state index contributed by atoms with van der Waals surface area (Å²) in [4.78, 5) is 8.90. The van der Waals surface area contributed by atoms with E-state index in [2.05, 4.69) is 20.2 Å². The van der Waals surface area contributed by atoms with E-state index in [0.717, 1.165) is 22.4 Å². The number of pyridine rings is 1. The predicted octanol–water partition coefficient (Wildman–Crippen LogP) is 4.44. The highest BCUT2D eigenvalue weighted by Gasteiger charge is 2.09. The van der Waals surface area contributed by atoms with E-state index in [9.17, 15) is 0 Å². The molecule has 6 heteroatoms. The van der Waals surface area contributed by atoms with E-state index in [1.807, 2.05) is 48.5 Å². The van der Waals surface area contributed by atoms with Gasteiger partial charge in [0.2, 0.25) is 0 Å². The van der Waals surface area contributed by atoms with Crippen molar-refractivity contribution in [3.8, 4) is 34.0 Å². The number of benzene rings is 2. The van der Waals surface area contributed by atoms with Crippen molar-refractivity contribution in [2.75, 3.05) is 5.73 Å². The van der Waals surface area contributed by atoms with Gasteiger partial charge in [0.25, 0.3) is 0 Å². The molecule has 5 nitrogen and oxygen atoms in total. The summed E-state index contributed by atoms with van der Waals surface area (Å²) in [5.74, 6) is 1.27. The molecule has 2 aromatic carbocycles. The monoisotopic (exact) mass is 347 g/mol. The minimum absolute atomic E-state index is 0.505. The summed E-state index contributed by atoms with van der Waals surface area (Å²) in [5.41, 5.74) is 10.1. The number of hydrogen-bond acceptors (Lipinski definition) is 4. The van der Waals surface area contributed by atoms with Gasteiger partial charge in [-0.2, -0.15) is 5.10 Å². The molecule has 2 aromatic heterocycles. The summed E-state index contributed by atoms with van der Waals surface area (Å²) < 4.78 is 0. The molecule has 0 fully saturated rings. The molecule has 0 aliphatic carbocycles. The van der Waals surface area contributed by atoms with Crippen molar-refractivity contribution >= 4 is 17.3 Å². The number of aromatic nitrogens is 4. The van der Waals surface area contributed by atoms with Crippen LogP contribution in [0.2, 0.25) is 5.02 Å². The molecule has 0 aliphatic heterocycles. The van der Waals surface area contributed by atoms with Crippen molar-refractivity contribution in [3.63, 3.8) is 0 Å². The number of aromatic amines is 1. The van der Waals surface area contributed by atoms with Crippen LogP contribution in [-0.2, 0) is 0 Å². The van der Waals surface area contributed by atoms with Gasteiger partial charge in [0.15, 0.2) is 11.6 Å². The van der Waals surface area contributed by atoms with E-state index in [1.165, 1.54) is 0 Å². The normalized spacial score (nSPS) is 10.8. The second kappa shape index (κ2) is 6.37. The summed E-state index contributed by atoms with van der Waals surface area (Å²) in [7, 11) is 0. The Bertz CT molecular complexity index is 1010. The van der Waals surface area contributed by atoms with E-state index in [0.29, 0.717) is 22.4 Å². The molecule has 3 N–H and O–H groups in total. The molecule has 0 aliphatic rings. The lowest BCUT2D eigenvalue weighted by Crippen LogP contribution is -1.88. The predicted molar refractivity (Wildman–Crippen MR) is 99.9 cm³/mol. The van der Waals surface area contributed by atoms with Gasteiger partial charge in [-0.1, -0.05) is 41.9 Å². The fraction of sp³-hybridized carbons (Fsp3) is 0. The Balaban J connectivity index is 1.63. The zero-order valence-corrected chi connectivity index (χ0v) is 13.9. The first-order chi connectivity index (χ1) is 12.2. The molecular weight excluding hydrogens is 334 g/mol. The summed E-state index contributed by atoms with van der Waals surface area (Å²) in [6.45, 7) is 0. The van der Waals surface area contributed by atoms with Crippen molar-refractivity contribution in [1.29, 1.82) is 0 Å². The Morgan fingerprint density at radius 1 is 0.880 bits per heavy atom. The van der Waals surface area contributed by atoms with Gasteiger partial charge in [-0.05, 0) is 30.3 Å². The Morgan fingerprint density at radius 3 is 2.36 bits per heavy atom. The topological polar surface area (TPSA) is 80.5 Å². The van der Waals surface area contributed by atoms with Crippen LogP contribution in [-0.4, -0.2) is 20.2 Å². The van der Waals surface area contributed by atoms with Crippen LogP contribution in [0.25, 0.3) is 34.0 Å². The maximum atomic E-state index is 5.96. The van der Waals surface area contributed by atoms with E-state index in [-0.39, 0.29) is 0 Å². The Morgan fingerprint density at radius 2 is 1.64 bits per heavy atom. The van der Waals surface area contributed by atoms with Crippen molar-refractivity contribution in [1.82, 2.24) is 20.2 Å². The second-order valence-corrected chi connectivity index (χ2v) is 5.94. The zero-order chi connectivity index (χ0) is 17.2. The standard InChI is InChI=1S/C19H14ClN5/c20-15-9-8-14(11-16(15)21)19-23-18(24-25-19)13-6-4-12(5-7-13)17-3-1-2-10-22-17/h1-11H,21H2,(H,23,24,25). The number of nitrogens with zero attached hydrogens (tertiary/aromatic N) is 3. The highest BCUT2D eigenvalue weighted by atomic mass is 35.5. The van der Waals surface area contributed by atoms with Gasteiger partial charge in [0.1, 0.15) is 0 Å². The highest BCUT2D eigenvalue weighted by molar-refractivity contribution is 6.33. The van der Waals surface area contributed by atoms with Crippen molar-refractivity contribution in [2.24, 2.45) is 0 Å². The first kappa shape index (κ1) is 15.4. The fourth-order valence-corrected chi connectivity index (χ4v) is 2.65. The number of hydrogen-bond donors (Lipinski definition) is 2. The van der Waals surface area contributed by atoms with Gasteiger partial charge in [0.05, 0.1) is 16.4 Å². The van der Waals surface area contributed by atoms with E-state index < -0.39 is 0 Å². The minimum atomic E-state index is 0.505. The molecule has 4 rings (SSSR count). The molecule has 0 saturated heterocycles. The van der Waals surface area contributed by atoms with Crippen LogP contribution in [0.5, 0.6) is 0 Å². The average molecular weight is 348 g/mol. The van der Waals surface area contributed by atoms with Gasteiger partial charge in [-0.15, -0.1) is 0 Å². The number of nitrogens with two attached hydrogens (primary N) is 1. The molecule has 0 saturated carbocycles. The molecule has 0 spiro atoms. The van der Waals surface area contributed by atoms with Gasteiger partial charge in [-0.25, -0.2) is 4.98 Å². The minimum Gasteiger partial charge on any atom is -0.398 e. The highest BCUT2D eigenvalue weighted by Crippen LogP contribution is 2.27. The van der Waals surface area contributed by atoms with Gasteiger partial charge in [-0.3, -0.25) is 10.1 Å². The van der Waals surface area contributed by atoms with Crippen LogP contribution in [0, 0.1) is 0 Å². The molecule has 0 radical (unpaired) electrons. The molecule has 122 valence electrons. The maximum Gasteiger partial charge on any atom is 0.181 e. The van der Waals surface area contributed by atoms with E-state index in [1.54, 1.807) is 18.3 Å². The quantitative estimate of drug-likeness (QED) is 0.537. The molecule has 0 bridgehead atoms. The van der Waals surface area contributed by atoms with Crippen molar-refractivity contribution in [3.05, 3.63) is 71.9 Å². The third kappa shape index (κ3) is 3.09. The van der Waals surface area contributed by atoms with Crippen LogP contribution < -0.4 is 5.73 Å². The lowest BCUT2D eigenvalue weighted by atomic mass is 10.1. The number of nitrogens with one attached hydrogen (secondary N) is 1.